The fraction of sp³-hybridized carbons (Fsp3) is 0.850. The van der Waals surface area contributed by atoms with Crippen molar-refractivity contribution in [2.45, 2.75) is 194 Å². The Hall–Kier alpha value is -1.58. The van der Waals surface area contributed by atoms with E-state index in [4.69, 9.17) is 4.99 Å². The van der Waals surface area contributed by atoms with E-state index >= 15 is 0 Å². The first-order valence-corrected chi connectivity index (χ1v) is 19.6. The van der Waals surface area contributed by atoms with Crippen LogP contribution in [0.25, 0.3) is 0 Å². The normalized spacial score (nSPS) is 13.5. The van der Waals surface area contributed by atoms with Crippen molar-refractivity contribution in [3.8, 4) is 0 Å². The summed E-state index contributed by atoms with van der Waals surface area (Å²) >= 11 is 0. The van der Waals surface area contributed by atoms with E-state index in [1.807, 2.05) is 0 Å². The van der Waals surface area contributed by atoms with Crippen LogP contribution in [-0.2, 0) is 4.79 Å². The van der Waals surface area contributed by atoms with Gasteiger partial charge in [-0.3, -0.25) is 9.79 Å². The molecule has 0 saturated carbocycles. The second-order valence-corrected chi connectivity index (χ2v) is 13.3. The van der Waals surface area contributed by atoms with E-state index in [1.165, 1.54) is 166 Å². The molecule has 1 aliphatic rings. The van der Waals surface area contributed by atoms with Gasteiger partial charge in [0.25, 0.3) is 0 Å². The second-order valence-electron chi connectivity index (χ2n) is 13.3. The topological polar surface area (TPSA) is 44.7 Å². The van der Waals surface area contributed by atoms with Crippen molar-refractivity contribution in [2.75, 3.05) is 26.2 Å². The average Bonchev–Trinajstić information content (AvgIpc) is 3.48. The van der Waals surface area contributed by atoms with Crippen LogP contribution in [0.15, 0.2) is 29.3 Å². The Bertz CT molecular complexity index is 713. The van der Waals surface area contributed by atoms with E-state index < -0.39 is 0 Å². The number of nitrogens with zero attached hydrogens (tertiary/aromatic N) is 2. The van der Waals surface area contributed by atoms with E-state index in [2.05, 4.69) is 48.4 Å². The van der Waals surface area contributed by atoms with Crippen LogP contribution in [-0.4, -0.2) is 42.8 Å². The van der Waals surface area contributed by atoms with Crippen molar-refractivity contribution in [1.82, 2.24) is 10.2 Å². The van der Waals surface area contributed by atoms with Crippen LogP contribution < -0.4 is 5.32 Å². The van der Waals surface area contributed by atoms with Gasteiger partial charge >= 0.3 is 0 Å². The molecule has 0 aliphatic carbocycles. The molecule has 1 amide bonds. The van der Waals surface area contributed by atoms with Gasteiger partial charge in [-0.05, 0) is 64.2 Å². The van der Waals surface area contributed by atoms with Gasteiger partial charge in [0.05, 0.1) is 12.4 Å². The van der Waals surface area contributed by atoms with Crippen LogP contribution in [0.3, 0.4) is 0 Å². The first kappa shape index (κ1) is 40.4. The molecule has 0 bridgehead atoms. The number of hydrogen-bond donors (Lipinski definition) is 1. The number of hydrogen-bond acceptors (Lipinski definition) is 3. The minimum Gasteiger partial charge on any atom is -0.357 e. The van der Waals surface area contributed by atoms with Gasteiger partial charge in [0, 0.05) is 32.5 Å². The number of nitrogens with one attached hydrogen (secondary N) is 1. The Balaban J connectivity index is 1.88. The molecule has 0 aromatic heterocycles. The quantitative estimate of drug-likeness (QED) is 0.0591. The molecule has 0 radical (unpaired) electrons. The molecule has 44 heavy (non-hydrogen) atoms. The van der Waals surface area contributed by atoms with E-state index in [-0.39, 0.29) is 5.91 Å². The van der Waals surface area contributed by atoms with E-state index in [0.29, 0.717) is 6.42 Å². The van der Waals surface area contributed by atoms with Crippen LogP contribution >= 0.6 is 0 Å². The van der Waals surface area contributed by atoms with E-state index in [0.717, 1.165) is 39.0 Å². The zero-order valence-electron chi connectivity index (χ0n) is 29.7. The number of carbonyl (C=O) groups excluding carboxylic acids is 1. The number of aliphatic imine (C=N–C) groups is 1. The molecule has 0 unspecified atom stereocenters. The lowest BCUT2D eigenvalue weighted by Gasteiger charge is -2.20. The third kappa shape index (κ3) is 26.8. The molecule has 0 saturated heterocycles. The predicted molar refractivity (Wildman–Crippen MR) is 196 cm³/mol. The Kier molecular flexibility index (Phi) is 30.2. The fourth-order valence-electron chi connectivity index (χ4n) is 6.14. The standard InChI is InChI=1S/C40H75N3O/c1-3-5-7-9-11-13-15-17-19-21-23-25-27-29-31-33-39-41-35-37-43(39)38-36-42-40(44)34-32-30-28-26-24-22-20-18-16-14-12-10-8-6-4-2/h17-20H,3-16,21-38H2,1-2H3,(H,42,44)/b19-17-,20-18+. The van der Waals surface area contributed by atoms with Gasteiger partial charge < -0.3 is 10.2 Å². The van der Waals surface area contributed by atoms with Crippen molar-refractivity contribution < 1.29 is 4.79 Å². The van der Waals surface area contributed by atoms with Crippen molar-refractivity contribution >= 4 is 11.7 Å². The third-order valence-electron chi connectivity index (χ3n) is 9.06. The van der Waals surface area contributed by atoms with Gasteiger partial charge in [-0.15, -0.1) is 0 Å². The summed E-state index contributed by atoms with van der Waals surface area (Å²) in [6.45, 7) is 8.15. The number of amides is 1. The number of rotatable bonds is 33. The highest BCUT2D eigenvalue weighted by molar-refractivity contribution is 5.83. The molecule has 1 N–H and O–H groups in total. The number of carbonyl (C=O) groups is 1. The highest BCUT2D eigenvalue weighted by Crippen LogP contribution is 2.14. The maximum atomic E-state index is 12.3. The minimum absolute atomic E-state index is 0.220. The number of amidine groups is 1. The molecule has 0 fully saturated rings. The molecular formula is C40H75N3O. The largest absolute Gasteiger partial charge is 0.357 e. The third-order valence-corrected chi connectivity index (χ3v) is 9.06. The Labute approximate surface area is 275 Å². The van der Waals surface area contributed by atoms with Crippen LogP contribution in [0.1, 0.15) is 194 Å². The molecular weight excluding hydrogens is 538 g/mol. The lowest BCUT2D eigenvalue weighted by atomic mass is 10.1. The first-order chi connectivity index (χ1) is 21.8. The maximum Gasteiger partial charge on any atom is 0.220 e. The summed E-state index contributed by atoms with van der Waals surface area (Å²) in [4.78, 5) is 19.4. The summed E-state index contributed by atoms with van der Waals surface area (Å²) in [6.07, 6.45) is 45.6. The highest BCUT2D eigenvalue weighted by Gasteiger charge is 2.16. The Morgan fingerprint density at radius 2 is 1.05 bits per heavy atom. The van der Waals surface area contributed by atoms with Gasteiger partial charge in [0.1, 0.15) is 0 Å². The molecule has 0 aromatic rings. The molecule has 1 heterocycles. The molecule has 0 spiro atoms. The molecule has 1 aliphatic heterocycles. The number of allylic oxidation sites excluding steroid dienone is 4. The Morgan fingerprint density at radius 1 is 0.614 bits per heavy atom. The Morgan fingerprint density at radius 3 is 1.55 bits per heavy atom. The SMILES string of the molecule is CCCCCCCC/C=C\CCCCCCCC1=NCCN1CCNC(=O)CCCCCCC/C=C/CCCCCCCC. The monoisotopic (exact) mass is 614 g/mol. The van der Waals surface area contributed by atoms with Gasteiger partial charge in [-0.25, -0.2) is 0 Å². The van der Waals surface area contributed by atoms with Crippen molar-refractivity contribution in [2.24, 2.45) is 4.99 Å². The molecule has 0 atom stereocenters. The molecule has 256 valence electrons. The molecule has 0 aromatic carbocycles. The van der Waals surface area contributed by atoms with E-state index in [9.17, 15) is 4.79 Å². The van der Waals surface area contributed by atoms with Crippen molar-refractivity contribution in [3.05, 3.63) is 24.3 Å². The summed E-state index contributed by atoms with van der Waals surface area (Å²) < 4.78 is 0. The highest BCUT2D eigenvalue weighted by atomic mass is 16.1. The van der Waals surface area contributed by atoms with Crippen molar-refractivity contribution in [1.29, 1.82) is 0 Å². The number of unbranched alkanes of at least 4 members (excludes halogenated alkanes) is 22. The first-order valence-electron chi connectivity index (χ1n) is 19.6. The fourth-order valence-corrected chi connectivity index (χ4v) is 6.14. The summed E-state index contributed by atoms with van der Waals surface area (Å²) in [7, 11) is 0. The van der Waals surface area contributed by atoms with Crippen molar-refractivity contribution in [3.63, 3.8) is 0 Å². The van der Waals surface area contributed by atoms with Gasteiger partial charge in [0.15, 0.2) is 0 Å². The summed E-state index contributed by atoms with van der Waals surface area (Å²) in [5.74, 6) is 1.49. The van der Waals surface area contributed by atoms with Crippen LogP contribution in [0.5, 0.6) is 0 Å². The van der Waals surface area contributed by atoms with Crippen LogP contribution in [0.4, 0.5) is 0 Å². The maximum absolute atomic E-state index is 12.3. The summed E-state index contributed by atoms with van der Waals surface area (Å²) in [6, 6.07) is 0. The lowest BCUT2D eigenvalue weighted by molar-refractivity contribution is -0.121. The van der Waals surface area contributed by atoms with Gasteiger partial charge in [-0.1, -0.05) is 141 Å². The second kappa shape index (κ2) is 32.8. The van der Waals surface area contributed by atoms with Crippen LogP contribution in [0.2, 0.25) is 0 Å². The minimum atomic E-state index is 0.220. The average molecular weight is 614 g/mol. The molecule has 1 rings (SSSR count). The van der Waals surface area contributed by atoms with Gasteiger partial charge in [-0.2, -0.15) is 0 Å². The smallest absolute Gasteiger partial charge is 0.220 e. The van der Waals surface area contributed by atoms with E-state index in [1.54, 1.807) is 0 Å². The zero-order chi connectivity index (χ0) is 31.6. The van der Waals surface area contributed by atoms with Gasteiger partial charge in [0.2, 0.25) is 5.91 Å². The van der Waals surface area contributed by atoms with Crippen LogP contribution in [0, 0.1) is 0 Å². The summed E-state index contributed by atoms with van der Waals surface area (Å²) in [5.41, 5.74) is 0. The lowest BCUT2D eigenvalue weighted by Crippen LogP contribution is -2.36. The molecule has 4 nitrogen and oxygen atoms in total. The predicted octanol–water partition coefficient (Wildman–Crippen LogP) is 11.9. The zero-order valence-corrected chi connectivity index (χ0v) is 29.7. The molecule has 4 heteroatoms. The summed E-state index contributed by atoms with van der Waals surface area (Å²) in [5, 5.41) is 3.15.